The van der Waals surface area contributed by atoms with E-state index in [1.807, 2.05) is 0 Å². The molecule has 0 aliphatic carbocycles. The van der Waals surface area contributed by atoms with Crippen molar-refractivity contribution in [3.8, 4) is 0 Å². The molecule has 40 heavy (non-hydrogen) atoms. The van der Waals surface area contributed by atoms with Gasteiger partial charge in [0, 0.05) is 16.5 Å². The topological polar surface area (TPSA) is 21.7 Å². The maximum absolute atomic E-state index is 7.94. The minimum atomic E-state index is -2.58. The van der Waals surface area contributed by atoms with Gasteiger partial charge in [0.2, 0.25) is 8.32 Å². The molecule has 0 spiro atoms. The Morgan fingerprint density at radius 1 is 0.675 bits per heavy atom. The smallest absolute Gasteiger partial charge is 0.270 e. The summed E-state index contributed by atoms with van der Waals surface area (Å²) in [6.45, 7) is 36.3. The zero-order valence-corrected chi connectivity index (χ0v) is 32.0. The van der Waals surface area contributed by atoms with E-state index in [-0.39, 0.29) is 11.0 Å². The third-order valence-corrected chi connectivity index (χ3v) is 42.3. The standard InChI is InChI=1S/C33H55NO2Si4/c1-32(2,3)29(35-37(7,8)9)31-34(33(4,5)6)30(36-40(31,38(10,11)12)39(13,14)15)28(26-22-18-16-19-23-26)27-24-20-17-21-25-27/h16-25H,1-15H3/b31-29+. The first-order valence-electron chi connectivity index (χ1n) is 14.8. The van der Waals surface area contributed by atoms with Crippen molar-refractivity contribution in [1.29, 1.82) is 0 Å². The molecule has 220 valence electrons. The van der Waals surface area contributed by atoms with Gasteiger partial charge in [0.15, 0.2) is 5.88 Å². The predicted molar refractivity (Wildman–Crippen MR) is 185 cm³/mol. The minimum Gasteiger partial charge on any atom is -0.546 e. The van der Waals surface area contributed by atoms with Gasteiger partial charge in [0.25, 0.3) is 7.35 Å². The van der Waals surface area contributed by atoms with E-state index in [9.17, 15) is 0 Å². The van der Waals surface area contributed by atoms with Crippen LogP contribution in [0.5, 0.6) is 0 Å². The number of allylic oxidation sites excluding steroid dienone is 1. The third kappa shape index (κ3) is 6.32. The van der Waals surface area contributed by atoms with Crippen molar-refractivity contribution >= 4 is 36.4 Å². The minimum absolute atomic E-state index is 0.158. The molecule has 2 aromatic carbocycles. The van der Waals surface area contributed by atoms with Crippen LogP contribution in [0.2, 0.25) is 58.9 Å². The second kappa shape index (κ2) is 10.8. The van der Waals surface area contributed by atoms with E-state index in [0.29, 0.717) is 0 Å². The molecule has 1 heterocycles. The van der Waals surface area contributed by atoms with E-state index >= 15 is 0 Å². The number of hydrogen-bond acceptors (Lipinski definition) is 3. The molecule has 7 heteroatoms. The lowest BCUT2D eigenvalue weighted by Crippen LogP contribution is -2.74. The van der Waals surface area contributed by atoms with Crippen LogP contribution in [-0.2, 0) is 8.85 Å². The molecule has 1 aliphatic heterocycles. The maximum atomic E-state index is 7.94. The molecule has 0 bridgehead atoms. The van der Waals surface area contributed by atoms with Crippen molar-refractivity contribution in [3.05, 3.63) is 88.8 Å². The highest BCUT2D eigenvalue weighted by Gasteiger charge is 2.69. The second-order valence-corrected chi connectivity index (χ2v) is 46.5. The molecule has 0 radical (unpaired) electrons. The van der Waals surface area contributed by atoms with Gasteiger partial charge in [-0.2, -0.15) is 0 Å². The van der Waals surface area contributed by atoms with Crippen molar-refractivity contribution in [2.45, 2.75) is 106 Å². The number of hydrogen-bond donors (Lipinski definition) is 0. The SMILES string of the molecule is CC(C)(C)/C(O[Si](C)(C)C)=C1/N(C(C)(C)C)C(=C(c2ccccc2)c2ccccc2)O[Si]1([Si](C)(C)C)[Si](C)(C)C. The molecule has 2 aromatic rings. The van der Waals surface area contributed by atoms with Crippen LogP contribution in [0.1, 0.15) is 52.7 Å². The molecule has 3 rings (SSSR count). The first-order valence-corrected chi connectivity index (χ1v) is 29.1. The van der Waals surface area contributed by atoms with Crippen molar-refractivity contribution in [1.82, 2.24) is 4.90 Å². The monoisotopic (exact) mass is 609 g/mol. The lowest BCUT2D eigenvalue weighted by molar-refractivity contribution is 0.184. The van der Waals surface area contributed by atoms with Gasteiger partial charge in [0.05, 0.1) is 20.5 Å². The van der Waals surface area contributed by atoms with Gasteiger partial charge in [-0.15, -0.1) is 0 Å². The normalized spacial score (nSPS) is 18.0. The molecule has 0 N–H and O–H groups in total. The van der Waals surface area contributed by atoms with Gasteiger partial charge >= 0.3 is 0 Å². The highest BCUT2D eigenvalue weighted by atomic mass is 29.7. The Balaban J connectivity index is 2.71. The number of rotatable bonds is 6. The first-order chi connectivity index (χ1) is 18.0. The number of benzene rings is 2. The summed E-state index contributed by atoms with van der Waals surface area (Å²) >= 11 is 0. The van der Waals surface area contributed by atoms with E-state index in [4.69, 9.17) is 8.85 Å². The zero-order chi connectivity index (χ0) is 30.5. The molecule has 0 atom stereocenters. The number of nitrogens with zero attached hydrogens (tertiary/aromatic N) is 1. The van der Waals surface area contributed by atoms with Crippen molar-refractivity contribution < 1.29 is 8.85 Å². The summed E-state index contributed by atoms with van der Waals surface area (Å²) < 4.78 is 15.2. The lowest BCUT2D eigenvalue weighted by Gasteiger charge is -2.48. The van der Waals surface area contributed by atoms with Crippen LogP contribution in [0, 0.1) is 5.41 Å². The zero-order valence-electron chi connectivity index (χ0n) is 28.0. The molecule has 0 aromatic heterocycles. The fraction of sp³-hybridized carbons (Fsp3) is 0.515. The van der Waals surface area contributed by atoms with Crippen molar-refractivity contribution in [2.75, 3.05) is 0 Å². The highest BCUT2D eigenvalue weighted by Crippen LogP contribution is 2.54. The van der Waals surface area contributed by atoms with Crippen LogP contribution in [-0.4, -0.2) is 41.3 Å². The first kappa shape index (κ1) is 32.7. The molecular formula is C33H55NO2Si4. The van der Waals surface area contributed by atoms with Gasteiger partial charge in [-0.25, -0.2) is 0 Å². The van der Waals surface area contributed by atoms with E-state index < -0.39 is 30.9 Å². The Morgan fingerprint density at radius 2 is 1.07 bits per heavy atom. The Bertz CT molecular complexity index is 1190. The van der Waals surface area contributed by atoms with Crippen molar-refractivity contribution in [2.24, 2.45) is 5.41 Å². The third-order valence-electron chi connectivity index (χ3n) is 7.44. The fourth-order valence-corrected chi connectivity index (χ4v) is 48.7. The summed E-state index contributed by atoms with van der Waals surface area (Å²) in [5.41, 5.74) is 3.19. The average molecular weight is 610 g/mol. The summed E-state index contributed by atoms with van der Waals surface area (Å²) in [5, 5.41) is 1.42. The Kier molecular flexibility index (Phi) is 8.82. The lowest BCUT2D eigenvalue weighted by atomic mass is 9.93. The van der Waals surface area contributed by atoms with Crippen LogP contribution in [0.25, 0.3) is 5.57 Å². The molecule has 0 unspecified atom stereocenters. The fourth-order valence-electron chi connectivity index (χ4n) is 6.19. The summed E-state index contributed by atoms with van der Waals surface area (Å²) in [7, 11) is -8.37. The van der Waals surface area contributed by atoms with Gasteiger partial charge in [-0.05, 0) is 51.5 Å². The summed E-state index contributed by atoms with van der Waals surface area (Å²) in [5.74, 6) is 2.20. The predicted octanol–water partition coefficient (Wildman–Crippen LogP) is 9.96. The quantitative estimate of drug-likeness (QED) is 0.240. The average Bonchev–Trinajstić information content (AvgIpc) is 3.15. The van der Waals surface area contributed by atoms with Gasteiger partial charge in [-0.3, -0.25) is 0 Å². The maximum Gasteiger partial charge on any atom is 0.270 e. The Morgan fingerprint density at radius 3 is 1.38 bits per heavy atom. The largest absolute Gasteiger partial charge is 0.546 e. The van der Waals surface area contributed by atoms with Crippen LogP contribution in [0.4, 0.5) is 0 Å². The Labute approximate surface area is 249 Å². The van der Waals surface area contributed by atoms with E-state index in [2.05, 4.69) is 166 Å². The van der Waals surface area contributed by atoms with Crippen LogP contribution >= 0.6 is 0 Å². The summed E-state index contributed by atoms with van der Waals surface area (Å²) in [4.78, 5) is 2.62. The summed E-state index contributed by atoms with van der Waals surface area (Å²) in [6, 6.07) is 21.7. The molecule has 0 saturated carbocycles. The van der Waals surface area contributed by atoms with Crippen LogP contribution in [0.3, 0.4) is 0 Å². The van der Waals surface area contributed by atoms with E-state index in [1.54, 1.807) is 0 Å². The van der Waals surface area contributed by atoms with Gasteiger partial charge in [-0.1, -0.05) is 121 Å². The molecular weight excluding hydrogens is 555 g/mol. The van der Waals surface area contributed by atoms with Crippen molar-refractivity contribution in [3.63, 3.8) is 0 Å². The molecule has 3 nitrogen and oxygen atoms in total. The highest BCUT2D eigenvalue weighted by molar-refractivity contribution is 7.69. The van der Waals surface area contributed by atoms with E-state index in [0.717, 1.165) is 5.88 Å². The molecule has 1 aliphatic rings. The molecule has 1 fully saturated rings. The van der Waals surface area contributed by atoms with Gasteiger partial charge < -0.3 is 13.8 Å². The molecule has 0 amide bonds. The Hall–Kier alpha value is -1.81. The molecule has 1 saturated heterocycles. The van der Waals surface area contributed by atoms with Crippen LogP contribution in [0.15, 0.2) is 77.6 Å². The van der Waals surface area contributed by atoms with E-state index in [1.165, 1.54) is 27.8 Å². The second-order valence-electron chi connectivity index (χ2n) is 16.3. The van der Waals surface area contributed by atoms with Crippen LogP contribution < -0.4 is 0 Å². The summed E-state index contributed by atoms with van der Waals surface area (Å²) in [6.07, 6.45) is 0. The van der Waals surface area contributed by atoms with Gasteiger partial charge in [0.1, 0.15) is 5.76 Å².